The van der Waals surface area contributed by atoms with Gasteiger partial charge in [0.25, 0.3) is 0 Å². The summed E-state index contributed by atoms with van der Waals surface area (Å²) in [6.07, 6.45) is 0. The maximum Gasteiger partial charge on any atom is 0.336 e. The standard InChI is InChI=1S/C22H19N3O6/c1-29-13-6-4-11(5-7-13)19-18-14(22(27)28)10-15(23-21(18)25-24-19)12-8-16(30-2)20(26)17(9-12)31-3/h4-10,26H,1-3H3,(H,27,28)(H,23,24,25). The smallest absolute Gasteiger partial charge is 0.336 e. The van der Waals surface area contributed by atoms with Gasteiger partial charge in [-0.25, -0.2) is 9.78 Å². The lowest BCUT2D eigenvalue weighted by molar-refractivity contribution is 0.0699. The molecule has 0 unspecified atom stereocenters. The van der Waals surface area contributed by atoms with Crippen molar-refractivity contribution in [3.8, 4) is 45.5 Å². The van der Waals surface area contributed by atoms with E-state index in [1.807, 2.05) is 0 Å². The van der Waals surface area contributed by atoms with E-state index in [0.29, 0.717) is 28.1 Å². The summed E-state index contributed by atoms with van der Waals surface area (Å²) in [4.78, 5) is 16.6. The molecule has 0 spiro atoms. The highest BCUT2D eigenvalue weighted by Crippen LogP contribution is 2.41. The minimum Gasteiger partial charge on any atom is -0.502 e. The van der Waals surface area contributed by atoms with Gasteiger partial charge < -0.3 is 24.4 Å². The first-order valence-electron chi connectivity index (χ1n) is 9.19. The van der Waals surface area contributed by atoms with Gasteiger partial charge in [-0.3, -0.25) is 5.10 Å². The van der Waals surface area contributed by atoms with Crippen LogP contribution in [0, 0.1) is 0 Å². The highest BCUT2D eigenvalue weighted by Gasteiger charge is 2.21. The molecule has 0 aliphatic carbocycles. The van der Waals surface area contributed by atoms with Crippen LogP contribution in [-0.4, -0.2) is 52.7 Å². The molecule has 0 saturated carbocycles. The third kappa shape index (κ3) is 3.46. The monoisotopic (exact) mass is 421 g/mol. The van der Waals surface area contributed by atoms with E-state index in [9.17, 15) is 15.0 Å². The summed E-state index contributed by atoms with van der Waals surface area (Å²) in [5.74, 6) is -0.248. The van der Waals surface area contributed by atoms with Crippen LogP contribution in [0.3, 0.4) is 0 Å². The number of phenols is 1. The fourth-order valence-electron chi connectivity index (χ4n) is 3.35. The van der Waals surface area contributed by atoms with Crippen molar-refractivity contribution in [2.24, 2.45) is 0 Å². The van der Waals surface area contributed by atoms with E-state index in [-0.39, 0.29) is 28.5 Å². The van der Waals surface area contributed by atoms with E-state index in [1.165, 1.54) is 20.3 Å². The third-order valence-electron chi connectivity index (χ3n) is 4.91. The van der Waals surface area contributed by atoms with Crippen molar-refractivity contribution in [3.63, 3.8) is 0 Å². The van der Waals surface area contributed by atoms with E-state index in [0.717, 1.165) is 5.56 Å². The van der Waals surface area contributed by atoms with Gasteiger partial charge in [-0.2, -0.15) is 5.10 Å². The minimum absolute atomic E-state index is 0.0329. The Bertz CT molecular complexity index is 1260. The van der Waals surface area contributed by atoms with Gasteiger partial charge in [0.05, 0.1) is 43.7 Å². The van der Waals surface area contributed by atoms with Gasteiger partial charge >= 0.3 is 5.97 Å². The molecule has 2 aromatic heterocycles. The van der Waals surface area contributed by atoms with Gasteiger partial charge in [-0.1, -0.05) is 0 Å². The van der Waals surface area contributed by atoms with Gasteiger partial charge in [-0.15, -0.1) is 0 Å². The SMILES string of the molecule is COc1ccc(-c2[nH]nc3nc(-c4cc(OC)c(O)c(OC)c4)cc(C(=O)O)c23)cc1. The fourth-order valence-corrected chi connectivity index (χ4v) is 3.35. The maximum absolute atomic E-state index is 12.1. The van der Waals surface area contributed by atoms with Crippen molar-refractivity contribution in [2.75, 3.05) is 21.3 Å². The average molecular weight is 421 g/mol. The summed E-state index contributed by atoms with van der Waals surface area (Å²) in [5, 5.41) is 27.5. The molecule has 2 aromatic carbocycles. The highest BCUT2D eigenvalue weighted by molar-refractivity contribution is 6.08. The van der Waals surface area contributed by atoms with E-state index >= 15 is 0 Å². The van der Waals surface area contributed by atoms with Crippen LogP contribution in [0.2, 0.25) is 0 Å². The number of nitrogens with zero attached hydrogens (tertiary/aromatic N) is 2. The number of phenolic OH excluding ortho intramolecular Hbond substituents is 1. The number of fused-ring (bicyclic) bond motifs is 1. The van der Waals surface area contributed by atoms with Gasteiger partial charge in [0.1, 0.15) is 5.75 Å². The number of aromatic carboxylic acids is 1. The van der Waals surface area contributed by atoms with Crippen molar-refractivity contribution < 1.29 is 29.2 Å². The van der Waals surface area contributed by atoms with E-state index in [2.05, 4.69) is 15.2 Å². The number of carboxylic acids is 1. The normalized spacial score (nSPS) is 10.8. The van der Waals surface area contributed by atoms with Crippen LogP contribution < -0.4 is 14.2 Å². The number of aromatic amines is 1. The number of ether oxygens (including phenoxy) is 3. The van der Waals surface area contributed by atoms with Crippen LogP contribution in [0.5, 0.6) is 23.0 Å². The molecule has 0 aliphatic rings. The topological polar surface area (TPSA) is 127 Å². The zero-order valence-electron chi connectivity index (χ0n) is 17.0. The van der Waals surface area contributed by atoms with Gasteiger partial charge in [0.15, 0.2) is 17.1 Å². The van der Waals surface area contributed by atoms with E-state index in [1.54, 1.807) is 43.5 Å². The second-order valence-electron chi connectivity index (χ2n) is 6.62. The number of carboxylic acid groups (broad SMARTS) is 1. The van der Waals surface area contributed by atoms with Gasteiger partial charge in [0, 0.05) is 11.1 Å². The average Bonchev–Trinajstić information content (AvgIpc) is 3.22. The Labute approximate surface area is 176 Å². The second-order valence-corrected chi connectivity index (χ2v) is 6.62. The molecule has 0 radical (unpaired) electrons. The van der Waals surface area contributed by atoms with Crippen LogP contribution in [0.25, 0.3) is 33.5 Å². The number of hydrogen-bond acceptors (Lipinski definition) is 7. The molecule has 0 saturated heterocycles. The summed E-state index contributed by atoms with van der Waals surface area (Å²) in [7, 11) is 4.39. The summed E-state index contributed by atoms with van der Waals surface area (Å²) in [6, 6.07) is 11.7. The Kier molecular flexibility index (Phi) is 5.08. The van der Waals surface area contributed by atoms with E-state index in [4.69, 9.17) is 14.2 Å². The number of H-pyrrole nitrogens is 1. The van der Waals surface area contributed by atoms with Crippen LogP contribution in [0.1, 0.15) is 10.4 Å². The zero-order valence-corrected chi connectivity index (χ0v) is 17.0. The fraction of sp³-hybridized carbons (Fsp3) is 0.136. The van der Waals surface area contributed by atoms with Crippen molar-refractivity contribution in [3.05, 3.63) is 48.0 Å². The molecule has 0 fully saturated rings. The number of carbonyl (C=O) groups is 1. The number of hydrogen-bond donors (Lipinski definition) is 3. The number of methoxy groups -OCH3 is 3. The molecule has 9 nitrogen and oxygen atoms in total. The lowest BCUT2D eigenvalue weighted by atomic mass is 10.0. The first-order valence-corrected chi connectivity index (χ1v) is 9.19. The minimum atomic E-state index is -1.12. The van der Waals surface area contributed by atoms with Crippen LogP contribution in [0.15, 0.2) is 42.5 Å². The number of rotatable bonds is 6. The summed E-state index contributed by atoms with van der Waals surface area (Å²) >= 11 is 0. The molecule has 0 bridgehead atoms. The first-order chi connectivity index (χ1) is 15.0. The lowest BCUT2D eigenvalue weighted by Gasteiger charge is -2.11. The molecule has 0 amide bonds. The number of pyridine rings is 1. The maximum atomic E-state index is 12.1. The molecule has 0 aliphatic heterocycles. The molecule has 9 heteroatoms. The van der Waals surface area contributed by atoms with Crippen LogP contribution >= 0.6 is 0 Å². The molecule has 2 heterocycles. The van der Waals surface area contributed by atoms with Gasteiger partial charge in [-0.05, 0) is 42.5 Å². The molecular weight excluding hydrogens is 402 g/mol. The Hall–Kier alpha value is -4.27. The molecule has 31 heavy (non-hydrogen) atoms. The molecular formula is C22H19N3O6. The molecule has 4 aromatic rings. The van der Waals surface area contributed by atoms with Crippen molar-refractivity contribution >= 4 is 17.0 Å². The number of aromatic nitrogens is 3. The van der Waals surface area contributed by atoms with Crippen LogP contribution in [0.4, 0.5) is 0 Å². The zero-order chi connectivity index (χ0) is 22.1. The summed E-state index contributed by atoms with van der Waals surface area (Å²) in [5.41, 5.74) is 2.40. The summed E-state index contributed by atoms with van der Waals surface area (Å²) in [6.45, 7) is 0. The number of nitrogens with one attached hydrogen (secondary N) is 1. The number of aromatic hydroxyl groups is 1. The van der Waals surface area contributed by atoms with Crippen molar-refractivity contribution in [1.82, 2.24) is 15.2 Å². The quantitative estimate of drug-likeness (QED) is 0.430. The Balaban J connectivity index is 1.92. The largest absolute Gasteiger partial charge is 0.502 e. The van der Waals surface area contributed by atoms with Crippen molar-refractivity contribution in [1.29, 1.82) is 0 Å². The Morgan fingerprint density at radius 2 is 1.58 bits per heavy atom. The predicted molar refractivity (Wildman–Crippen MR) is 113 cm³/mol. The molecule has 3 N–H and O–H groups in total. The Morgan fingerprint density at radius 1 is 0.935 bits per heavy atom. The number of benzene rings is 2. The lowest BCUT2D eigenvalue weighted by Crippen LogP contribution is -2.00. The summed E-state index contributed by atoms with van der Waals surface area (Å²) < 4.78 is 15.6. The molecule has 158 valence electrons. The van der Waals surface area contributed by atoms with E-state index < -0.39 is 5.97 Å². The predicted octanol–water partition coefficient (Wildman–Crippen LogP) is 3.72. The first kappa shape index (κ1) is 20.0. The molecule has 4 rings (SSSR count). The van der Waals surface area contributed by atoms with Crippen LogP contribution in [-0.2, 0) is 0 Å². The Morgan fingerprint density at radius 3 is 2.13 bits per heavy atom. The second kappa shape index (κ2) is 7.86. The van der Waals surface area contributed by atoms with Gasteiger partial charge in [0.2, 0.25) is 5.75 Å². The molecule has 0 atom stereocenters. The van der Waals surface area contributed by atoms with Crippen molar-refractivity contribution in [2.45, 2.75) is 0 Å². The third-order valence-corrected chi connectivity index (χ3v) is 4.91. The highest BCUT2D eigenvalue weighted by atomic mass is 16.5.